The maximum Gasteiger partial charge on any atom is 0.0840 e. The highest BCUT2D eigenvalue weighted by atomic mass is 16.5. The van der Waals surface area contributed by atoms with Crippen molar-refractivity contribution in [1.82, 2.24) is 5.32 Å². The van der Waals surface area contributed by atoms with Crippen molar-refractivity contribution in [1.29, 1.82) is 5.26 Å². The summed E-state index contributed by atoms with van der Waals surface area (Å²) in [6.07, 6.45) is 0.970. The van der Waals surface area contributed by atoms with Crippen molar-refractivity contribution in [3.63, 3.8) is 0 Å². The summed E-state index contributed by atoms with van der Waals surface area (Å²) in [5.41, 5.74) is 0. The van der Waals surface area contributed by atoms with Crippen LogP contribution < -0.4 is 5.32 Å². The molecule has 0 saturated heterocycles. The topological polar surface area (TPSA) is 45.0 Å². The molecule has 0 rings (SSSR count). The first-order valence-corrected chi connectivity index (χ1v) is 2.98. The predicted molar refractivity (Wildman–Crippen MR) is 35.0 cm³/mol. The van der Waals surface area contributed by atoms with Gasteiger partial charge in [0.15, 0.2) is 0 Å². The van der Waals surface area contributed by atoms with Crippen molar-refractivity contribution in [3.8, 4) is 6.07 Å². The molecule has 9 heavy (non-hydrogen) atoms. The zero-order chi connectivity index (χ0) is 6.95. The van der Waals surface area contributed by atoms with Gasteiger partial charge in [0, 0.05) is 13.7 Å². The second kappa shape index (κ2) is 7.41. The highest BCUT2D eigenvalue weighted by Gasteiger charge is 1.83. The summed E-state index contributed by atoms with van der Waals surface area (Å²) in [7, 11) is 1.67. The Kier molecular flexibility index (Phi) is 6.92. The first kappa shape index (κ1) is 8.41. The number of methoxy groups -OCH3 is 1. The third-order valence-corrected chi connectivity index (χ3v) is 0.906. The molecule has 0 aliphatic heterocycles. The number of nitriles is 1. The lowest BCUT2D eigenvalue weighted by Gasteiger charge is -1.97. The maximum absolute atomic E-state index is 8.08. The summed E-state index contributed by atoms with van der Waals surface area (Å²) in [6.45, 7) is 2.06. The monoisotopic (exact) mass is 128 g/mol. The molecule has 0 aromatic rings. The molecule has 0 aromatic heterocycles. The molecule has 0 fully saturated rings. The van der Waals surface area contributed by atoms with Gasteiger partial charge in [-0.2, -0.15) is 5.26 Å². The van der Waals surface area contributed by atoms with Crippen LogP contribution in [0.1, 0.15) is 6.42 Å². The molecular weight excluding hydrogens is 116 g/mol. The SMILES string of the molecule is COCCCNCC#N. The fraction of sp³-hybridized carbons (Fsp3) is 0.833. The van der Waals surface area contributed by atoms with E-state index in [-0.39, 0.29) is 0 Å². The van der Waals surface area contributed by atoms with Crippen LogP contribution in [0, 0.1) is 11.3 Å². The van der Waals surface area contributed by atoms with Gasteiger partial charge in [-0.1, -0.05) is 0 Å². The summed E-state index contributed by atoms with van der Waals surface area (Å²) < 4.78 is 4.80. The van der Waals surface area contributed by atoms with Crippen LogP contribution in [-0.4, -0.2) is 26.8 Å². The largest absolute Gasteiger partial charge is 0.385 e. The second-order valence-electron chi connectivity index (χ2n) is 1.68. The van der Waals surface area contributed by atoms with Gasteiger partial charge < -0.3 is 10.1 Å². The molecule has 3 nitrogen and oxygen atoms in total. The van der Waals surface area contributed by atoms with Gasteiger partial charge in [-0.05, 0) is 13.0 Å². The van der Waals surface area contributed by atoms with Crippen LogP contribution in [0.2, 0.25) is 0 Å². The van der Waals surface area contributed by atoms with E-state index < -0.39 is 0 Å². The first-order valence-electron chi connectivity index (χ1n) is 2.98. The van der Waals surface area contributed by atoms with Gasteiger partial charge >= 0.3 is 0 Å². The fourth-order valence-electron chi connectivity index (χ4n) is 0.486. The third-order valence-electron chi connectivity index (χ3n) is 0.906. The van der Waals surface area contributed by atoms with Gasteiger partial charge in [-0.25, -0.2) is 0 Å². The summed E-state index contributed by atoms with van der Waals surface area (Å²) in [4.78, 5) is 0. The second-order valence-corrected chi connectivity index (χ2v) is 1.68. The van der Waals surface area contributed by atoms with E-state index in [4.69, 9.17) is 10.00 Å². The first-order chi connectivity index (χ1) is 4.41. The van der Waals surface area contributed by atoms with Crippen LogP contribution in [0.25, 0.3) is 0 Å². The van der Waals surface area contributed by atoms with Crippen molar-refractivity contribution in [2.45, 2.75) is 6.42 Å². The van der Waals surface area contributed by atoms with Crippen LogP contribution in [0.3, 0.4) is 0 Å². The van der Waals surface area contributed by atoms with E-state index in [0.29, 0.717) is 6.54 Å². The number of nitrogens with one attached hydrogen (secondary N) is 1. The van der Waals surface area contributed by atoms with Gasteiger partial charge in [0.1, 0.15) is 0 Å². The van der Waals surface area contributed by atoms with E-state index in [1.54, 1.807) is 7.11 Å². The number of hydrogen-bond donors (Lipinski definition) is 1. The van der Waals surface area contributed by atoms with Gasteiger partial charge in [0.2, 0.25) is 0 Å². The van der Waals surface area contributed by atoms with E-state index in [2.05, 4.69) is 5.32 Å². The molecule has 0 radical (unpaired) electrons. The molecule has 0 aliphatic rings. The van der Waals surface area contributed by atoms with E-state index >= 15 is 0 Å². The zero-order valence-corrected chi connectivity index (χ0v) is 5.68. The highest BCUT2D eigenvalue weighted by molar-refractivity contribution is 4.72. The van der Waals surface area contributed by atoms with Gasteiger partial charge in [-0.3, -0.25) is 0 Å². The minimum absolute atomic E-state index is 0.434. The lowest BCUT2D eigenvalue weighted by molar-refractivity contribution is 0.194. The molecule has 0 unspecified atom stereocenters. The highest BCUT2D eigenvalue weighted by Crippen LogP contribution is 1.74. The Morgan fingerprint density at radius 1 is 1.67 bits per heavy atom. The quantitative estimate of drug-likeness (QED) is 0.423. The minimum Gasteiger partial charge on any atom is -0.385 e. The van der Waals surface area contributed by atoms with Crippen molar-refractivity contribution in [2.75, 3.05) is 26.8 Å². The van der Waals surface area contributed by atoms with E-state index in [0.717, 1.165) is 19.6 Å². The average Bonchev–Trinajstić information content (AvgIpc) is 1.89. The van der Waals surface area contributed by atoms with Gasteiger partial charge in [-0.15, -0.1) is 0 Å². The summed E-state index contributed by atoms with van der Waals surface area (Å²) >= 11 is 0. The lowest BCUT2D eigenvalue weighted by Crippen LogP contribution is -2.16. The Hall–Kier alpha value is -0.590. The molecular formula is C6H12N2O. The molecule has 0 aromatic carbocycles. The molecule has 0 heterocycles. The maximum atomic E-state index is 8.08. The molecule has 0 spiro atoms. The van der Waals surface area contributed by atoms with E-state index in [9.17, 15) is 0 Å². The van der Waals surface area contributed by atoms with Crippen LogP contribution in [0.15, 0.2) is 0 Å². The molecule has 0 aliphatic carbocycles. The van der Waals surface area contributed by atoms with Gasteiger partial charge in [0.25, 0.3) is 0 Å². The molecule has 52 valence electrons. The molecule has 1 N–H and O–H groups in total. The van der Waals surface area contributed by atoms with Crippen molar-refractivity contribution in [2.24, 2.45) is 0 Å². The van der Waals surface area contributed by atoms with Crippen molar-refractivity contribution < 1.29 is 4.74 Å². The number of ether oxygens (including phenoxy) is 1. The fourth-order valence-corrected chi connectivity index (χ4v) is 0.486. The Morgan fingerprint density at radius 3 is 3.00 bits per heavy atom. The molecule has 0 bridgehead atoms. The van der Waals surface area contributed by atoms with Crippen LogP contribution in [0.5, 0.6) is 0 Å². The summed E-state index contributed by atoms with van der Waals surface area (Å²) in [6, 6.07) is 1.99. The Labute approximate surface area is 55.6 Å². The normalized spacial score (nSPS) is 8.89. The van der Waals surface area contributed by atoms with Crippen LogP contribution in [0.4, 0.5) is 0 Å². The number of rotatable bonds is 5. The van der Waals surface area contributed by atoms with Gasteiger partial charge in [0.05, 0.1) is 12.6 Å². The number of nitrogens with zero attached hydrogens (tertiary/aromatic N) is 1. The van der Waals surface area contributed by atoms with Crippen molar-refractivity contribution >= 4 is 0 Å². The van der Waals surface area contributed by atoms with E-state index in [1.165, 1.54) is 0 Å². The average molecular weight is 128 g/mol. The number of hydrogen-bond acceptors (Lipinski definition) is 3. The lowest BCUT2D eigenvalue weighted by atomic mass is 10.4. The van der Waals surface area contributed by atoms with Crippen LogP contribution in [-0.2, 0) is 4.74 Å². The minimum atomic E-state index is 0.434. The summed E-state index contributed by atoms with van der Waals surface area (Å²) in [5.74, 6) is 0. The molecule has 0 saturated carbocycles. The molecule has 0 atom stereocenters. The Morgan fingerprint density at radius 2 is 2.44 bits per heavy atom. The van der Waals surface area contributed by atoms with E-state index in [1.807, 2.05) is 6.07 Å². The Balaban J connectivity index is 2.69. The summed E-state index contributed by atoms with van der Waals surface area (Å²) in [5, 5.41) is 11.0. The predicted octanol–water partition coefficient (Wildman–Crippen LogP) is 0.136. The zero-order valence-electron chi connectivity index (χ0n) is 5.68. The van der Waals surface area contributed by atoms with Crippen molar-refractivity contribution in [3.05, 3.63) is 0 Å². The smallest absolute Gasteiger partial charge is 0.0840 e. The third kappa shape index (κ3) is 7.41. The Bertz CT molecular complexity index is 87.5. The van der Waals surface area contributed by atoms with Crippen LogP contribution >= 0.6 is 0 Å². The standard InChI is InChI=1S/C6H12N2O/c1-9-6-2-4-8-5-3-7/h8H,2,4-6H2,1H3. The molecule has 3 heteroatoms. The molecule has 0 amide bonds.